The highest BCUT2D eigenvalue weighted by Gasteiger charge is 2.46. The Labute approximate surface area is 110 Å². The third-order valence-electron chi connectivity index (χ3n) is 3.52. The van der Waals surface area contributed by atoms with Crippen LogP contribution in [0.25, 0.3) is 0 Å². The van der Waals surface area contributed by atoms with Gasteiger partial charge < -0.3 is 0 Å². The van der Waals surface area contributed by atoms with Crippen molar-refractivity contribution in [2.45, 2.75) is 44.3 Å². The molecular formula is C13H16N2O2S. The molecule has 1 N–H and O–H groups in total. The lowest BCUT2D eigenvalue weighted by Gasteiger charge is -2.18. The van der Waals surface area contributed by atoms with Crippen molar-refractivity contribution >= 4 is 23.2 Å². The Hall–Kier alpha value is -1.20. The van der Waals surface area contributed by atoms with Crippen LogP contribution in [0.4, 0.5) is 0 Å². The number of rotatable bonds is 4. The Kier molecular flexibility index (Phi) is 2.95. The third-order valence-corrected chi connectivity index (χ3v) is 4.57. The molecule has 18 heavy (non-hydrogen) atoms. The second-order valence-electron chi connectivity index (χ2n) is 4.99. The van der Waals surface area contributed by atoms with E-state index in [-0.39, 0.29) is 29.9 Å². The van der Waals surface area contributed by atoms with Crippen LogP contribution in [0.3, 0.4) is 0 Å². The zero-order chi connectivity index (χ0) is 12.7. The van der Waals surface area contributed by atoms with Gasteiger partial charge in [-0.2, -0.15) is 0 Å². The van der Waals surface area contributed by atoms with Crippen LogP contribution in [-0.4, -0.2) is 28.8 Å². The number of thiophene rings is 1. The number of hydrogen-bond donors (Lipinski definition) is 1. The molecule has 0 bridgehead atoms. The zero-order valence-corrected chi connectivity index (χ0v) is 11.1. The molecule has 2 unspecified atom stereocenters. The molecule has 4 nitrogen and oxygen atoms in total. The molecular weight excluding hydrogens is 248 g/mol. The standard InChI is InChI=1S/C13H16N2O2S/c1-8(11-3-2-6-18-11)14-10-7-12(16)15(13(10)17)9-4-5-9/h2-3,6,8-10,14H,4-5,7H2,1H3. The van der Waals surface area contributed by atoms with Crippen molar-refractivity contribution in [3.05, 3.63) is 22.4 Å². The summed E-state index contributed by atoms with van der Waals surface area (Å²) >= 11 is 1.66. The van der Waals surface area contributed by atoms with Crippen LogP contribution in [0, 0.1) is 0 Å². The number of nitrogens with one attached hydrogen (secondary N) is 1. The average Bonchev–Trinajstić information content (AvgIpc) is 2.91. The number of imide groups is 1. The SMILES string of the molecule is CC(NC1CC(=O)N(C2CC2)C1=O)c1cccs1. The van der Waals surface area contributed by atoms with E-state index < -0.39 is 0 Å². The molecule has 5 heteroatoms. The summed E-state index contributed by atoms with van der Waals surface area (Å²) in [6.07, 6.45) is 2.26. The first-order valence-electron chi connectivity index (χ1n) is 6.32. The molecule has 1 saturated carbocycles. The number of carbonyl (C=O) groups excluding carboxylic acids is 2. The van der Waals surface area contributed by atoms with E-state index in [9.17, 15) is 9.59 Å². The van der Waals surface area contributed by atoms with Crippen LogP contribution in [0.1, 0.15) is 37.1 Å². The fourth-order valence-electron chi connectivity index (χ4n) is 2.42. The molecule has 1 aromatic rings. The highest BCUT2D eigenvalue weighted by molar-refractivity contribution is 7.10. The quantitative estimate of drug-likeness (QED) is 0.842. The molecule has 2 aliphatic rings. The largest absolute Gasteiger partial charge is 0.298 e. The highest BCUT2D eigenvalue weighted by atomic mass is 32.1. The number of nitrogens with zero attached hydrogens (tertiary/aromatic N) is 1. The maximum Gasteiger partial charge on any atom is 0.247 e. The number of amides is 2. The maximum absolute atomic E-state index is 12.1. The molecule has 3 rings (SSSR count). The Morgan fingerprint density at radius 2 is 2.22 bits per heavy atom. The zero-order valence-electron chi connectivity index (χ0n) is 10.3. The minimum Gasteiger partial charge on any atom is -0.298 e. The van der Waals surface area contributed by atoms with E-state index in [2.05, 4.69) is 5.32 Å². The Morgan fingerprint density at radius 3 is 2.83 bits per heavy atom. The fraction of sp³-hybridized carbons (Fsp3) is 0.538. The van der Waals surface area contributed by atoms with Crippen molar-refractivity contribution in [2.24, 2.45) is 0 Å². The van der Waals surface area contributed by atoms with Crippen LogP contribution < -0.4 is 5.32 Å². The Morgan fingerprint density at radius 1 is 1.44 bits per heavy atom. The smallest absolute Gasteiger partial charge is 0.247 e. The summed E-state index contributed by atoms with van der Waals surface area (Å²) in [5, 5.41) is 5.29. The van der Waals surface area contributed by atoms with Crippen LogP contribution in [0.2, 0.25) is 0 Å². The van der Waals surface area contributed by atoms with Gasteiger partial charge in [0.15, 0.2) is 0 Å². The predicted molar refractivity (Wildman–Crippen MR) is 69.1 cm³/mol. The summed E-state index contributed by atoms with van der Waals surface area (Å²) in [6.45, 7) is 2.03. The van der Waals surface area contributed by atoms with E-state index in [0.717, 1.165) is 12.8 Å². The van der Waals surface area contributed by atoms with Gasteiger partial charge in [0, 0.05) is 17.0 Å². The molecule has 1 aliphatic heterocycles. The maximum atomic E-state index is 12.1. The van der Waals surface area contributed by atoms with E-state index in [4.69, 9.17) is 0 Å². The molecule has 96 valence electrons. The van der Waals surface area contributed by atoms with Gasteiger partial charge in [-0.15, -0.1) is 11.3 Å². The van der Waals surface area contributed by atoms with Gasteiger partial charge in [-0.1, -0.05) is 6.07 Å². The number of hydrogen-bond acceptors (Lipinski definition) is 4. The molecule has 2 amide bonds. The van der Waals surface area contributed by atoms with E-state index in [0.29, 0.717) is 6.42 Å². The lowest BCUT2D eigenvalue weighted by Crippen LogP contribution is -2.40. The summed E-state index contributed by atoms with van der Waals surface area (Å²) in [5.41, 5.74) is 0. The van der Waals surface area contributed by atoms with Crippen molar-refractivity contribution in [2.75, 3.05) is 0 Å². The minimum absolute atomic E-state index is 0.0154. The summed E-state index contributed by atoms with van der Waals surface area (Å²) in [4.78, 5) is 26.6. The highest BCUT2D eigenvalue weighted by Crippen LogP contribution is 2.32. The molecule has 0 spiro atoms. The summed E-state index contributed by atoms with van der Waals surface area (Å²) < 4.78 is 0. The van der Waals surface area contributed by atoms with Gasteiger partial charge in [0.25, 0.3) is 0 Å². The van der Waals surface area contributed by atoms with Crippen molar-refractivity contribution in [1.82, 2.24) is 10.2 Å². The number of likely N-dealkylation sites (tertiary alicyclic amines) is 1. The van der Waals surface area contributed by atoms with Crippen LogP contribution >= 0.6 is 11.3 Å². The van der Waals surface area contributed by atoms with Gasteiger partial charge in [-0.25, -0.2) is 0 Å². The molecule has 1 aromatic heterocycles. The molecule has 2 heterocycles. The van der Waals surface area contributed by atoms with Crippen molar-refractivity contribution in [3.8, 4) is 0 Å². The van der Waals surface area contributed by atoms with E-state index in [1.165, 1.54) is 9.78 Å². The van der Waals surface area contributed by atoms with Gasteiger partial charge in [-0.3, -0.25) is 19.8 Å². The summed E-state index contributed by atoms with van der Waals surface area (Å²) in [7, 11) is 0. The van der Waals surface area contributed by atoms with Crippen LogP contribution in [0.5, 0.6) is 0 Å². The van der Waals surface area contributed by atoms with Gasteiger partial charge in [-0.05, 0) is 31.2 Å². The first-order valence-corrected chi connectivity index (χ1v) is 7.20. The normalized spacial score (nSPS) is 25.8. The minimum atomic E-state index is -0.338. The van der Waals surface area contributed by atoms with E-state index in [1.807, 2.05) is 24.4 Å². The van der Waals surface area contributed by atoms with Gasteiger partial charge in [0.2, 0.25) is 11.8 Å². The van der Waals surface area contributed by atoms with E-state index >= 15 is 0 Å². The molecule has 2 fully saturated rings. The molecule has 2 atom stereocenters. The van der Waals surface area contributed by atoms with Crippen LogP contribution in [0.15, 0.2) is 17.5 Å². The van der Waals surface area contributed by atoms with Crippen LogP contribution in [-0.2, 0) is 9.59 Å². The molecule has 0 radical (unpaired) electrons. The van der Waals surface area contributed by atoms with Crippen molar-refractivity contribution in [1.29, 1.82) is 0 Å². The van der Waals surface area contributed by atoms with Gasteiger partial charge in [0.1, 0.15) is 0 Å². The van der Waals surface area contributed by atoms with E-state index in [1.54, 1.807) is 11.3 Å². The first kappa shape index (κ1) is 11.9. The average molecular weight is 264 g/mol. The predicted octanol–water partition coefficient (Wildman–Crippen LogP) is 1.69. The lowest BCUT2D eigenvalue weighted by atomic mass is 10.2. The second kappa shape index (κ2) is 4.48. The first-order chi connectivity index (χ1) is 8.66. The topological polar surface area (TPSA) is 49.4 Å². The Bertz CT molecular complexity index is 467. The van der Waals surface area contributed by atoms with Crippen molar-refractivity contribution < 1.29 is 9.59 Å². The van der Waals surface area contributed by atoms with Gasteiger partial charge in [0.05, 0.1) is 12.5 Å². The fourth-order valence-corrected chi connectivity index (χ4v) is 3.16. The molecule has 1 aliphatic carbocycles. The summed E-state index contributed by atoms with van der Waals surface area (Å²) in [5.74, 6) is -0.0516. The molecule has 1 saturated heterocycles. The monoisotopic (exact) mass is 264 g/mol. The lowest BCUT2D eigenvalue weighted by molar-refractivity contribution is -0.139. The van der Waals surface area contributed by atoms with Crippen molar-refractivity contribution in [3.63, 3.8) is 0 Å². The number of carbonyl (C=O) groups is 2. The Balaban J connectivity index is 1.67. The third kappa shape index (κ3) is 2.08. The van der Waals surface area contributed by atoms with Gasteiger partial charge >= 0.3 is 0 Å². The summed E-state index contributed by atoms with van der Waals surface area (Å²) in [6, 6.07) is 4.01. The second-order valence-corrected chi connectivity index (χ2v) is 5.97. The molecule has 0 aromatic carbocycles.